The number of benzene rings is 1. The number of nitriles is 2. The summed E-state index contributed by atoms with van der Waals surface area (Å²) in [5.41, 5.74) is 0.911. The van der Waals surface area contributed by atoms with Crippen LogP contribution in [0, 0.1) is 22.7 Å². The van der Waals surface area contributed by atoms with Gasteiger partial charge < -0.3 is 9.64 Å². The van der Waals surface area contributed by atoms with Gasteiger partial charge in [0, 0.05) is 5.69 Å². The van der Waals surface area contributed by atoms with E-state index in [-0.39, 0.29) is 12.1 Å². The van der Waals surface area contributed by atoms with E-state index in [4.69, 9.17) is 4.74 Å². The molecule has 4 heteroatoms. The third-order valence-electron chi connectivity index (χ3n) is 3.30. The van der Waals surface area contributed by atoms with Crippen LogP contribution in [0.25, 0.3) is 0 Å². The van der Waals surface area contributed by atoms with Gasteiger partial charge in [0.1, 0.15) is 17.8 Å². The molecule has 0 aliphatic carbocycles. The molecule has 0 N–H and O–H groups in total. The first kappa shape index (κ1) is 12.3. The van der Waals surface area contributed by atoms with Crippen LogP contribution in [0.4, 0.5) is 5.69 Å². The van der Waals surface area contributed by atoms with Crippen LogP contribution in [0.15, 0.2) is 24.3 Å². The first-order valence-corrected chi connectivity index (χ1v) is 6.01. The second-order valence-electron chi connectivity index (χ2n) is 4.33. The minimum atomic E-state index is -0.211. The predicted molar refractivity (Wildman–Crippen MR) is 68.1 cm³/mol. The van der Waals surface area contributed by atoms with Gasteiger partial charge in [0.2, 0.25) is 0 Å². The van der Waals surface area contributed by atoms with Gasteiger partial charge in [-0.3, -0.25) is 0 Å². The van der Waals surface area contributed by atoms with Crippen LogP contribution in [0.2, 0.25) is 0 Å². The molecule has 18 heavy (non-hydrogen) atoms. The van der Waals surface area contributed by atoms with Gasteiger partial charge in [0.15, 0.2) is 0 Å². The van der Waals surface area contributed by atoms with Crippen molar-refractivity contribution >= 4 is 5.69 Å². The molecule has 0 saturated carbocycles. The number of methoxy groups -OCH3 is 1. The highest BCUT2D eigenvalue weighted by molar-refractivity contribution is 5.53. The van der Waals surface area contributed by atoms with Crippen molar-refractivity contribution in [1.82, 2.24) is 0 Å². The van der Waals surface area contributed by atoms with Crippen molar-refractivity contribution < 1.29 is 4.74 Å². The molecule has 0 bridgehead atoms. The Hall–Kier alpha value is -2.20. The smallest absolute Gasteiger partial charge is 0.119 e. The molecule has 2 atom stereocenters. The predicted octanol–water partition coefficient (Wildman–Crippen LogP) is 2.47. The summed E-state index contributed by atoms with van der Waals surface area (Å²) in [5, 5.41) is 18.4. The number of hydrogen-bond donors (Lipinski definition) is 0. The molecule has 1 saturated heterocycles. The van der Waals surface area contributed by atoms with E-state index in [2.05, 4.69) is 12.1 Å². The number of piperidine rings is 1. The Bertz CT molecular complexity index is 461. The van der Waals surface area contributed by atoms with Crippen LogP contribution in [0.3, 0.4) is 0 Å². The molecule has 1 aromatic carbocycles. The first-order chi connectivity index (χ1) is 8.80. The fourth-order valence-corrected chi connectivity index (χ4v) is 2.37. The van der Waals surface area contributed by atoms with E-state index < -0.39 is 0 Å². The van der Waals surface area contributed by atoms with Gasteiger partial charge in [-0.15, -0.1) is 0 Å². The summed E-state index contributed by atoms with van der Waals surface area (Å²) in [6.45, 7) is 0. The lowest BCUT2D eigenvalue weighted by Crippen LogP contribution is -2.45. The standard InChI is InChI=1S/C14H15N3O/c1-18-14-7-5-11(6-8-14)17-12(9-15)3-2-4-13(17)10-16/h5-8,12-13H,2-4H2,1H3. The Labute approximate surface area is 107 Å². The zero-order valence-electron chi connectivity index (χ0n) is 10.3. The Morgan fingerprint density at radius 1 is 1.11 bits per heavy atom. The van der Waals surface area contributed by atoms with E-state index in [9.17, 15) is 10.5 Å². The molecule has 1 aliphatic heterocycles. The fourth-order valence-electron chi connectivity index (χ4n) is 2.37. The lowest BCUT2D eigenvalue weighted by molar-refractivity contribution is 0.414. The van der Waals surface area contributed by atoms with E-state index in [0.717, 1.165) is 30.7 Å². The van der Waals surface area contributed by atoms with Gasteiger partial charge in [-0.25, -0.2) is 0 Å². The molecule has 2 rings (SSSR count). The second kappa shape index (κ2) is 5.42. The topological polar surface area (TPSA) is 60.0 Å². The minimum absolute atomic E-state index is 0.211. The number of anilines is 1. The molecule has 1 heterocycles. The molecule has 4 nitrogen and oxygen atoms in total. The zero-order chi connectivity index (χ0) is 13.0. The summed E-state index contributed by atoms with van der Waals surface area (Å²) in [6.07, 6.45) is 2.57. The largest absolute Gasteiger partial charge is 0.497 e. The van der Waals surface area contributed by atoms with Crippen LogP contribution in [0.1, 0.15) is 19.3 Å². The van der Waals surface area contributed by atoms with Crippen molar-refractivity contribution in [1.29, 1.82) is 10.5 Å². The SMILES string of the molecule is COc1ccc(N2C(C#N)CCCC2C#N)cc1. The average molecular weight is 241 g/mol. The Morgan fingerprint density at radius 2 is 1.67 bits per heavy atom. The van der Waals surface area contributed by atoms with E-state index in [0.29, 0.717) is 0 Å². The maximum absolute atomic E-state index is 9.21. The van der Waals surface area contributed by atoms with E-state index in [1.54, 1.807) is 7.11 Å². The van der Waals surface area contributed by atoms with E-state index in [1.807, 2.05) is 29.2 Å². The van der Waals surface area contributed by atoms with Crippen molar-refractivity contribution in [2.24, 2.45) is 0 Å². The molecule has 92 valence electrons. The van der Waals surface area contributed by atoms with E-state index in [1.165, 1.54) is 0 Å². The van der Waals surface area contributed by atoms with Crippen molar-refractivity contribution in [2.75, 3.05) is 12.0 Å². The minimum Gasteiger partial charge on any atom is -0.497 e. The second-order valence-corrected chi connectivity index (χ2v) is 4.33. The average Bonchev–Trinajstić information content (AvgIpc) is 2.46. The highest BCUT2D eigenvalue weighted by atomic mass is 16.5. The van der Waals surface area contributed by atoms with Crippen molar-refractivity contribution in [3.63, 3.8) is 0 Å². The van der Waals surface area contributed by atoms with Crippen LogP contribution < -0.4 is 9.64 Å². The van der Waals surface area contributed by atoms with Crippen molar-refractivity contribution in [2.45, 2.75) is 31.3 Å². The molecule has 1 fully saturated rings. The van der Waals surface area contributed by atoms with Crippen LogP contribution in [-0.4, -0.2) is 19.2 Å². The summed E-state index contributed by atoms with van der Waals surface area (Å²) in [7, 11) is 1.62. The quantitative estimate of drug-likeness (QED) is 0.798. The van der Waals surface area contributed by atoms with Crippen LogP contribution >= 0.6 is 0 Å². The van der Waals surface area contributed by atoms with Crippen molar-refractivity contribution in [3.05, 3.63) is 24.3 Å². The maximum Gasteiger partial charge on any atom is 0.119 e. The third kappa shape index (κ3) is 2.24. The summed E-state index contributed by atoms with van der Waals surface area (Å²) in [6, 6.07) is 11.7. The van der Waals surface area contributed by atoms with Gasteiger partial charge >= 0.3 is 0 Å². The summed E-state index contributed by atoms with van der Waals surface area (Å²) < 4.78 is 5.11. The third-order valence-corrected chi connectivity index (χ3v) is 3.30. The molecule has 0 aromatic heterocycles. The lowest BCUT2D eigenvalue weighted by atomic mass is 9.96. The van der Waals surface area contributed by atoms with Gasteiger partial charge in [-0.1, -0.05) is 0 Å². The molecule has 0 spiro atoms. The zero-order valence-corrected chi connectivity index (χ0v) is 10.3. The van der Waals surface area contributed by atoms with Gasteiger partial charge in [0.25, 0.3) is 0 Å². The summed E-state index contributed by atoms with van der Waals surface area (Å²) in [4.78, 5) is 1.92. The Morgan fingerprint density at radius 3 is 2.11 bits per heavy atom. The molecule has 0 amide bonds. The van der Waals surface area contributed by atoms with Crippen molar-refractivity contribution in [3.8, 4) is 17.9 Å². The molecule has 0 radical (unpaired) electrons. The summed E-state index contributed by atoms with van der Waals surface area (Å²) in [5.74, 6) is 0.776. The first-order valence-electron chi connectivity index (χ1n) is 6.01. The molecule has 2 unspecified atom stereocenters. The molecule has 1 aromatic rings. The van der Waals surface area contributed by atoms with Gasteiger partial charge in [0.05, 0.1) is 19.2 Å². The normalized spacial score (nSPS) is 22.9. The number of hydrogen-bond acceptors (Lipinski definition) is 4. The monoisotopic (exact) mass is 241 g/mol. The number of nitrogens with zero attached hydrogens (tertiary/aromatic N) is 3. The highest BCUT2D eigenvalue weighted by Gasteiger charge is 2.30. The number of rotatable bonds is 2. The highest BCUT2D eigenvalue weighted by Crippen LogP contribution is 2.30. The summed E-state index contributed by atoms with van der Waals surface area (Å²) >= 11 is 0. The van der Waals surface area contributed by atoms with Gasteiger partial charge in [-0.2, -0.15) is 10.5 Å². The van der Waals surface area contributed by atoms with Crippen LogP contribution in [-0.2, 0) is 0 Å². The molecular weight excluding hydrogens is 226 g/mol. The lowest BCUT2D eigenvalue weighted by Gasteiger charge is -2.37. The van der Waals surface area contributed by atoms with Crippen LogP contribution in [0.5, 0.6) is 5.75 Å². The Kier molecular flexibility index (Phi) is 3.69. The number of ether oxygens (including phenoxy) is 1. The molecular formula is C14H15N3O. The van der Waals surface area contributed by atoms with Gasteiger partial charge in [-0.05, 0) is 43.5 Å². The Balaban J connectivity index is 2.31. The molecule has 1 aliphatic rings. The fraction of sp³-hybridized carbons (Fsp3) is 0.429. The maximum atomic E-state index is 9.21. The van der Waals surface area contributed by atoms with E-state index >= 15 is 0 Å².